The third-order valence-corrected chi connectivity index (χ3v) is 4.99. The Bertz CT molecular complexity index is 476. The van der Waals surface area contributed by atoms with Crippen LogP contribution in [0, 0.1) is 0 Å². The molecule has 3 nitrogen and oxygen atoms in total. The maximum absolute atomic E-state index is 11.7. The molecule has 1 amide bonds. The largest absolute Gasteiger partial charge is 0.325 e. The summed E-state index contributed by atoms with van der Waals surface area (Å²) in [4.78, 5) is 14.0. The number of hydrogen-bond donors (Lipinski definition) is 1. The number of nitrogens with zero attached hydrogens (tertiary/aromatic N) is 1. The number of alkyl halides is 2. The fraction of sp³-hybridized carbons (Fsp3) is 0.562. The molecule has 2 rings (SSSR count). The topological polar surface area (TPSA) is 32.3 Å². The van der Waals surface area contributed by atoms with Gasteiger partial charge in [-0.3, -0.25) is 4.79 Å². The second-order valence-electron chi connectivity index (χ2n) is 5.80. The van der Waals surface area contributed by atoms with Crippen LogP contribution in [-0.4, -0.2) is 42.2 Å². The summed E-state index contributed by atoms with van der Waals surface area (Å²) in [6.45, 7) is 0. The van der Waals surface area contributed by atoms with Crippen molar-refractivity contribution in [1.29, 1.82) is 0 Å². The molecule has 5 heteroatoms. The van der Waals surface area contributed by atoms with Crippen LogP contribution >= 0.6 is 23.2 Å². The maximum atomic E-state index is 11.7. The van der Waals surface area contributed by atoms with E-state index < -0.39 is 5.38 Å². The third kappa shape index (κ3) is 4.12. The molecule has 0 heterocycles. The van der Waals surface area contributed by atoms with Crippen LogP contribution in [-0.2, 0) is 4.79 Å². The van der Waals surface area contributed by atoms with E-state index in [0.29, 0.717) is 12.0 Å². The number of carbonyl (C=O) groups excluding carboxylic acids is 1. The lowest BCUT2D eigenvalue weighted by Crippen LogP contribution is -2.30. The lowest BCUT2D eigenvalue weighted by Gasteiger charge is -2.26. The minimum Gasteiger partial charge on any atom is -0.325 e. The van der Waals surface area contributed by atoms with Crippen LogP contribution in [0.25, 0.3) is 0 Å². The number of hydrogen-bond acceptors (Lipinski definition) is 2. The van der Waals surface area contributed by atoms with Gasteiger partial charge in [-0.05, 0) is 50.6 Å². The first-order valence-electron chi connectivity index (χ1n) is 7.30. The molecule has 0 spiro atoms. The molecule has 21 heavy (non-hydrogen) atoms. The van der Waals surface area contributed by atoms with E-state index in [9.17, 15) is 4.79 Å². The van der Waals surface area contributed by atoms with E-state index >= 15 is 0 Å². The van der Waals surface area contributed by atoms with Gasteiger partial charge in [-0.1, -0.05) is 18.6 Å². The minimum atomic E-state index is -0.695. The number of nitrogens with one attached hydrogen (secondary N) is 1. The summed E-state index contributed by atoms with van der Waals surface area (Å²) in [5.74, 6) is 0.428. The number of anilines is 1. The summed E-state index contributed by atoms with van der Waals surface area (Å²) in [6.07, 6.45) is 3.75. The molecule has 3 atom stereocenters. The van der Waals surface area contributed by atoms with Crippen molar-refractivity contribution in [2.24, 2.45) is 0 Å². The van der Waals surface area contributed by atoms with Gasteiger partial charge in [0.1, 0.15) is 5.38 Å². The zero-order valence-corrected chi connectivity index (χ0v) is 14.0. The molecule has 0 aromatic heterocycles. The van der Waals surface area contributed by atoms with Crippen molar-refractivity contribution in [3.8, 4) is 0 Å². The van der Waals surface area contributed by atoms with Gasteiger partial charge in [0, 0.05) is 17.6 Å². The van der Waals surface area contributed by atoms with Crippen LogP contribution in [0.3, 0.4) is 0 Å². The second kappa shape index (κ2) is 7.48. The molecule has 0 radical (unpaired) electrons. The van der Waals surface area contributed by atoms with Gasteiger partial charge in [0.25, 0.3) is 0 Å². The molecule has 3 unspecified atom stereocenters. The smallest absolute Gasteiger partial charge is 0.243 e. The number of halogens is 2. The Hall–Kier alpha value is -0.770. The maximum Gasteiger partial charge on any atom is 0.243 e. The number of rotatable bonds is 5. The summed E-state index contributed by atoms with van der Waals surface area (Å²) >= 11 is 11.4. The SMILES string of the molecule is CN(C)C1CCCC1c1ccc(NC(=O)C(Cl)CCl)cc1. The van der Waals surface area contributed by atoms with Crippen molar-refractivity contribution in [2.45, 2.75) is 36.6 Å². The quantitative estimate of drug-likeness (QED) is 0.836. The highest BCUT2D eigenvalue weighted by atomic mass is 35.5. The van der Waals surface area contributed by atoms with Crippen LogP contribution in [0.1, 0.15) is 30.7 Å². The lowest BCUT2D eigenvalue weighted by atomic mass is 9.93. The summed E-state index contributed by atoms with van der Waals surface area (Å²) < 4.78 is 0. The Morgan fingerprint density at radius 2 is 2.00 bits per heavy atom. The summed E-state index contributed by atoms with van der Waals surface area (Å²) in [5.41, 5.74) is 2.10. The lowest BCUT2D eigenvalue weighted by molar-refractivity contribution is -0.115. The molecule has 116 valence electrons. The molecule has 1 saturated carbocycles. The average molecular weight is 329 g/mol. The number of benzene rings is 1. The van der Waals surface area contributed by atoms with Gasteiger partial charge in [-0.25, -0.2) is 0 Å². The van der Waals surface area contributed by atoms with Gasteiger partial charge in [0.05, 0.1) is 0 Å². The first kappa shape index (κ1) is 16.6. The molecule has 1 aromatic rings. The van der Waals surface area contributed by atoms with Crippen molar-refractivity contribution in [2.75, 3.05) is 25.3 Å². The van der Waals surface area contributed by atoms with E-state index in [1.54, 1.807) is 0 Å². The minimum absolute atomic E-state index is 0.109. The first-order chi connectivity index (χ1) is 10.0. The average Bonchev–Trinajstić information content (AvgIpc) is 2.96. The highest BCUT2D eigenvalue weighted by Gasteiger charge is 2.29. The van der Waals surface area contributed by atoms with Crippen molar-refractivity contribution in [3.05, 3.63) is 29.8 Å². The fourth-order valence-electron chi connectivity index (χ4n) is 3.05. The predicted molar refractivity (Wildman–Crippen MR) is 89.5 cm³/mol. The third-order valence-electron chi connectivity index (χ3n) is 4.17. The number of amides is 1. The molecule has 1 aliphatic rings. The van der Waals surface area contributed by atoms with Crippen LogP contribution < -0.4 is 5.32 Å². The van der Waals surface area contributed by atoms with E-state index in [1.165, 1.54) is 24.8 Å². The molecular weight excluding hydrogens is 307 g/mol. The molecular formula is C16H22Cl2N2O. The summed E-state index contributed by atoms with van der Waals surface area (Å²) in [5, 5.41) is 2.08. The summed E-state index contributed by atoms with van der Waals surface area (Å²) in [7, 11) is 4.29. The highest BCUT2D eigenvalue weighted by Crippen LogP contribution is 2.37. The van der Waals surface area contributed by atoms with Crippen molar-refractivity contribution in [1.82, 2.24) is 4.90 Å². The molecule has 1 aliphatic carbocycles. The van der Waals surface area contributed by atoms with Gasteiger partial charge < -0.3 is 10.2 Å². The highest BCUT2D eigenvalue weighted by molar-refractivity contribution is 6.37. The molecule has 1 fully saturated rings. The van der Waals surface area contributed by atoms with Crippen LogP contribution in [0.2, 0.25) is 0 Å². The van der Waals surface area contributed by atoms with Crippen molar-refractivity contribution >= 4 is 34.8 Å². The number of carbonyl (C=O) groups is 1. The second-order valence-corrected chi connectivity index (χ2v) is 6.64. The van der Waals surface area contributed by atoms with Gasteiger partial charge in [0.15, 0.2) is 0 Å². The Labute approximate surface area is 136 Å². The van der Waals surface area contributed by atoms with Gasteiger partial charge in [0.2, 0.25) is 5.91 Å². The van der Waals surface area contributed by atoms with Gasteiger partial charge in [-0.2, -0.15) is 0 Å². The van der Waals surface area contributed by atoms with Gasteiger partial charge >= 0.3 is 0 Å². The Balaban J connectivity index is 2.03. The Morgan fingerprint density at radius 1 is 1.33 bits per heavy atom. The standard InChI is InChI=1S/C16H22Cl2N2O/c1-20(2)15-5-3-4-13(15)11-6-8-12(9-7-11)19-16(21)14(18)10-17/h6-9,13-15H,3-5,10H2,1-2H3,(H,19,21). The Kier molecular flexibility index (Phi) is 5.91. The zero-order valence-electron chi connectivity index (χ0n) is 12.5. The van der Waals surface area contributed by atoms with E-state index in [4.69, 9.17) is 23.2 Å². The molecule has 0 bridgehead atoms. The monoisotopic (exact) mass is 328 g/mol. The van der Waals surface area contributed by atoms with E-state index in [1.807, 2.05) is 12.1 Å². The van der Waals surface area contributed by atoms with E-state index in [-0.39, 0.29) is 11.8 Å². The normalized spacial score (nSPS) is 23.3. The zero-order chi connectivity index (χ0) is 15.4. The molecule has 0 aliphatic heterocycles. The molecule has 1 N–H and O–H groups in total. The molecule has 1 aromatic carbocycles. The van der Waals surface area contributed by atoms with Gasteiger partial charge in [-0.15, -0.1) is 23.2 Å². The van der Waals surface area contributed by atoms with Crippen molar-refractivity contribution < 1.29 is 4.79 Å². The van der Waals surface area contributed by atoms with E-state index in [2.05, 4.69) is 36.4 Å². The fourth-order valence-corrected chi connectivity index (χ4v) is 3.25. The predicted octanol–water partition coefficient (Wildman–Crippen LogP) is 3.67. The van der Waals surface area contributed by atoms with Crippen LogP contribution in [0.4, 0.5) is 5.69 Å². The van der Waals surface area contributed by atoms with E-state index in [0.717, 1.165) is 5.69 Å². The summed E-state index contributed by atoms with van der Waals surface area (Å²) in [6, 6.07) is 8.69. The number of likely N-dealkylation sites (N-methyl/N-ethyl adjacent to an activating group) is 1. The van der Waals surface area contributed by atoms with Crippen LogP contribution in [0.5, 0.6) is 0 Å². The van der Waals surface area contributed by atoms with Crippen molar-refractivity contribution in [3.63, 3.8) is 0 Å². The Morgan fingerprint density at radius 3 is 2.57 bits per heavy atom. The molecule has 0 saturated heterocycles. The van der Waals surface area contributed by atoms with Crippen LogP contribution in [0.15, 0.2) is 24.3 Å². The first-order valence-corrected chi connectivity index (χ1v) is 8.27.